The molecule has 0 saturated heterocycles. The standard InChI is InChI=1S/C33H17F5N4O4S/c34-17-8-13-21(24(35)14-17)23-15-25(22-7-3-5-16-4-1-2-6-20(16)22)40-31-26(23)27(39)30(47-31)29(43)28-32(44)46-41-42(28)18-9-11-19(12-10-18)45-33(36,37)38/h1-15H,(H2-,39,41,43,44)/p+1. The predicted molar refractivity (Wildman–Crippen MR) is 162 cm³/mol. The van der Waals surface area contributed by atoms with Gasteiger partial charge in [0.2, 0.25) is 11.0 Å². The summed E-state index contributed by atoms with van der Waals surface area (Å²) in [7, 11) is 0. The van der Waals surface area contributed by atoms with Crippen molar-refractivity contribution in [1.29, 1.82) is 0 Å². The Morgan fingerprint density at radius 3 is 2.40 bits per heavy atom. The molecule has 0 atom stereocenters. The van der Waals surface area contributed by atoms with Gasteiger partial charge in [-0.2, -0.15) is 0 Å². The van der Waals surface area contributed by atoms with E-state index in [9.17, 15) is 27.5 Å². The molecule has 0 aliphatic carbocycles. The minimum atomic E-state index is -4.92. The van der Waals surface area contributed by atoms with E-state index >= 15 is 4.39 Å². The SMILES string of the molecule is Nc1c(C(=O)c2c(O)on[n+]2-c2ccc(OC(F)(F)F)cc2)sc2nc(-c3cccc4ccccc34)cc(-c3ccc(F)cc3F)c12. The highest BCUT2D eigenvalue weighted by atomic mass is 32.1. The van der Waals surface area contributed by atoms with Gasteiger partial charge in [0.15, 0.2) is 0 Å². The first-order chi connectivity index (χ1) is 22.5. The van der Waals surface area contributed by atoms with Crippen LogP contribution >= 0.6 is 11.3 Å². The highest BCUT2D eigenvalue weighted by Gasteiger charge is 2.38. The van der Waals surface area contributed by atoms with Crippen molar-refractivity contribution in [3.63, 3.8) is 0 Å². The summed E-state index contributed by atoms with van der Waals surface area (Å²) in [4.78, 5) is 18.9. The Morgan fingerprint density at radius 2 is 1.66 bits per heavy atom. The van der Waals surface area contributed by atoms with E-state index in [-0.39, 0.29) is 37.6 Å². The minimum Gasteiger partial charge on any atom is -0.474 e. The number of rotatable bonds is 6. The molecule has 47 heavy (non-hydrogen) atoms. The molecule has 7 rings (SSSR count). The molecule has 3 aromatic heterocycles. The second kappa shape index (κ2) is 11.2. The summed E-state index contributed by atoms with van der Waals surface area (Å²) >= 11 is 0.863. The fourth-order valence-electron chi connectivity index (χ4n) is 5.32. The van der Waals surface area contributed by atoms with Crippen molar-refractivity contribution in [3.8, 4) is 39.8 Å². The number of carbonyl (C=O) groups is 1. The van der Waals surface area contributed by atoms with Crippen molar-refractivity contribution in [2.75, 3.05) is 5.73 Å². The number of carbonyl (C=O) groups excluding carboxylic acids is 1. The molecule has 0 aliphatic rings. The molecule has 0 unspecified atom stereocenters. The van der Waals surface area contributed by atoms with Gasteiger partial charge in [-0.05, 0) is 46.7 Å². The van der Waals surface area contributed by atoms with Gasteiger partial charge in [-0.3, -0.25) is 9.32 Å². The van der Waals surface area contributed by atoms with Gasteiger partial charge < -0.3 is 15.6 Å². The van der Waals surface area contributed by atoms with Crippen LogP contribution in [-0.2, 0) is 0 Å². The number of nitrogen functional groups attached to an aromatic ring is 1. The van der Waals surface area contributed by atoms with Crippen molar-refractivity contribution >= 4 is 43.8 Å². The molecule has 0 saturated carbocycles. The van der Waals surface area contributed by atoms with Gasteiger partial charge in [0.25, 0.3) is 5.78 Å². The van der Waals surface area contributed by atoms with Gasteiger partial charge in [0.05, 0.1) is 11.4 Å². The monoisotopic (exact) mass is 661 g/mol. The van der Waals surface area contributed by atoms with E-state index in [0.717, 1.165) is 51.1 Å². The van der Waals surface area contributed by atoms with E-state index in [2.05, 4.69) is 10.0 Å². The Morgan fingerprint density at radius 1 is 0.915 bits per heavy atom. The number of ether oxygens (including phenoxy) is 1. The fourth-order valence-corrected chi connectivity index (χ4v) is 6.38. The normalized spacial score (nSPS) is 11.8. The first kappa shape index (κ1) is 29.8. The van der Waals surface area contributed by atoms with E-state index in [1.165, 1.54) is 18.2 Å². The summed E-state index contributed by atoms with van der Waals surface area (Å²) in [6, 6.07) is 22.2. The van der Waals surface area contributed by atoms with Gasteiger partial charge in [0, 0.05) is 39.4 Å². The largest absolute Gasteiger partial charge is 0.573 e. The molecule has 0 aliphatic heterocycles. The Hall–Kier alpha value is -5.89. The van der Waals surface area contributed by atoms with E-state index in [0.29, 0.717) is 11.3 Å². The molecule has 0 bridgehead atoms. The molecule has 0 radical (unpaired) electrons. The number of alkyl halides is 3. The Balaban J connectivity index is 1.40. The molecule has 3 heterocycles. The molecule has 7 aromatic rings. The van der Waals surface area contributed by atoms with Crippen LogP contribution in [0.2, 0.25) is 0 Å². The van der Waals surface area contributed by atoms with Crippen LogP contribution < -0.4 is 15.2 Å². The van der Waals surface area contributed by atoms with E-state index in [1.54, 1.807) is 6.07 Å². The summed E-state index contributed by atoms with van der Waals surface area (Å²) in [5.74, 6) is -3.93. The lowest BCUT2D eigenvalue weighted by Gasteiger charge is -2.11. The van der Waals surface area contributed by atoms with Gasteiger partial charge in [0.1, 0.15) is 27.1 Å². The van der Waals surface area contributed by atoms with Crippen LogP contribution in [0.15, 0.2) is 95.5 Å². The maximum absolute atomic E-state index is 15.3. The summed E-state index contributed by atoms with van der Waals surface area (Å²) in [5.41, 5.74) is 7.39. The predicted octanol–water partition coefficient (Wildman–Crippen LogP) is 7.74. The van der Waals surface area contributed by atoms with Crippen molar-refractivity contribution in [2.45, 2.75) is 6.36 Å². The van der Waals surface area contributed by atoms with Gasteiger partial charge >= 0.3 is 18.0 Å². The lowest BCUT2D eigenvalue weighted by Crippen LogP contribution is -2.38. The van der Waals surface area contributed by atoms with E-state index < -0.39 is 41.2 Å². The average molecular weight is 662 g/mol. The lowest BCUT2D eigenvalue weighted by atomic mass is 9.96. The van der Waals surface area contributed by atoms with Crippen LogP contribution in [0.3, 0.4) is 0 Å². The van der Waals surface area contributed by atoms with Crippen LogP contribution in [0, 0.1) is 11.6 Å². The quantitative estimate of drug-likeness (QED) is 0.106. The van der Waals surface area contributed by atoms with Crippen molar-refractivity contribution in [3.05, 3.63) is 113 Å². The number of thiophene rings is 1. The number of pyridine rings is 1. The number of benzene rings is 4. The second-order valence-corrected chi connectivity index (χ2v) is 11.2. The molecule has 0 amide bonds. The number of aromatic hydroxyl groups is 1. The van der Waals surface area contributed by atoms with Crippen LogP contribution in [0.25, 0.3) is 49.1 Å². The zero-order valence-electron chi connectivity index (χ0n) is 23.5. The zero-order valence-corrected chi connectivity index (χ0v) is 24.4. The first-order valence-electron chi connectivity index (χ1n) is 13.7. The number of hydrogen-bond acceptors (Lipinski definition) is 8. The molecule has 234 valence electrons. The lowest BCUT2D eigenvalue weighted by molar-refractivity contribution is -0.672. The number of ketones is 1. The molecule has 14 heteroatoms. The molecule has 8 nitrogen and oxygen atoms in total. The van der Waals surface area contributed by atoms with Gasteiger partial charge in [-0.25, -0.2) is 13.8 Å². The average Bonchev–Trinajstić information content (AvgIpc) is 3.59. The molecular formula is C33H18F5N4O4S+. The van der Waals surface area contributed by atoms with Crippen LogP contribution in [0.4, 0.5) is 27.6 Å². The highest BCUT2D eigenvalue weighted by Crippen LogP contribution is 2.44. The molecule has 4 aromatic carbocycles. The Kier molecular flexibility index (Phi) is 7.08. The highest BCUT2D eigenvalue weighted by molar-refractivity contribution is 7.21. The maximum atomic E-state index is 15.3. The van der Waals surface area contributed by atoms with Gasteiger partial charge in [-0.15, -0.1) is 24.5 Å². The molecule has 0 fully saturated rings. The maximum Gasteiger partial charge on any atom is 0.573 e. The number of aromatic nitrogens is 3. The van der Waals surface area contributed by atoms with Crippen LogP contribution in [-0.4, -0.2) is 27.5 Å². The third-order valence-corrected chi connectivity index (χ3v) is 8.44. The molecular weight excluding hydrogens is 643 g/mol. The fraction of sp³-hybridized carbons (Fsp3) is 0.0303. The smallest absolute Gasteiger partial charge is 0.474 e. The Bertz CT molecular complexity index is 2350. The third kappa shape index (κ3) is 5.37. The molecule has 0 spiro atoms. The summed E-state index contributed by atoms with van der Waals surface area (Å²) in [6.45, 7) is 0. The minimum absolute atomic E-state index is 0.00726. The van der Waals surface area contributed by atoms with Crippen molar-refractivity contribution in [1.82, 2.24) is 10.3 Å². The topological polar surface area (TPSA) is 115 Å². The Labute approximate surface area is 264 Å². The van der Waals surface area contributed by atoms with E-state index in [1.807, 2.05) is 42.5 Å². The number of nitrogens with two attached hydrogens (primary N) is 1. The zero-order chi connectivity index (χ0) is 33.0. The second-order valence-electron chi connectivity index (χ2n) is 10.2. The summed E-state index contributed by atoms with van der Waals surface area (Å²) < 4.78 is 76.7. The molecule has 3 N–H and O–H groups in total. The van der Waals surface area contributed by atoms with Crippen molar-refractivity contribution < 1.29 is 45.8 Å². The number of hydrogen-bond donors (Lipinski definition) is 2. The summed E-state index contributed by atoms with van der Waals surface area (Å²) in [5, 5.41) is 16.2. The first-order valence-corrected chi connectivity index (χ1v) is 14.5. The van der Waals surface area contributed by atoms with Crippen LogP contribution in [0.1, 0.15) is 15.4 Å². The van der Waals surface area contributed by atoms with E-state index in [4.69, 9.17) is 15.2 Å². The van der Waals surface area contributed by atoms with Gasteiger partial charge in [-0.1, -0.05) is 42.5 Å². The van der Waals surface area contributed by atoms with Crippen molar-refractivity contribution in [2.24, 2.45) is 0 Å². The number of anilines is 1. The number of fused-ring (bicyclic) bond motifs is 2. The summed E-state index contributed by atoms with van der Waals surface area (Å²) in [6.07, 6.45) is -4.92. The number of nitrogens with zero attached hydrogens (tertiary/aromatic N) is 3. The third-order valence-electron chi connectivity index (χ3n) is 7.35. The van der Waals surface area contributed by atoms with Crippen LogP contribution in [0.5, 0.6) is 11.7 Å². The number of halogens is 5.